The number of hydrogen-bond donors (Lipinski definition) is 1. The first-order valence-electron chi connectivity index (χ1n) is 5.60. The Kier molecular flexibility index (Phi) is 5.05. The molecule has 0 aliphatic carbocycles. The van der Waals surface area contributed by atoms with Crippen LogP contribution >= 0.6 is 33.9 Å². The average molecular weight is 412 g/mol. The van der Waals surface area contributed by atoms with Crippen molar-refractivity contribution >= 4 is 33.9 Å². The minimum Gasteiger partial charge on any atom is -0.327 e. The van der Waals surface area contributed by atoms with Gasteiger partial charge in [0.15, 0.2) is 0 Å². The molecule has 0 saturated heterocycles. The fraction of sp³-hybridized carbons (Fsp3) is 0.273. The Bertz CT molecular complexity index is 687. The summed E-state index contributed by atoms with van der Waals surface area (Å²) in [6.45, 7) is -0.203. The van der Waals surface area contributed by atoms with E-state index in [9.17, 15) is 13.6 Å². The first kappa shape index (κ1) is 15.3. The second-order valence-electron chi connectivity index (χ2n) is 3.96. The molecule has 0 saturated carbocycles. The van der Waals surface area contributed by atoms with Crippen molar-refractivity contribution < 1.29 is 8.78 Å². The molecule has 9 heteroatoms. The Balaban J connectivity index is 2.22. The van der Waals surface area contributed by atoms with Crippen LogP contribution in [0.25, 0.3) is 0 Å². The highest BCUT2D eigenvalue weighted by Crippen LogP contribution is 2.19. The summed E-state index contributed by atoms with van der Waals surface area (Å²) in [6, 6.07) is 1.95. The molecule has 0 aliphatic heterocycles. The highest BCUT2D eigenvalue weighted by Gasteiger charge is 2.12. The van der Waals surface area contributed by atoms with E-state index < -0.39 is 11.8 Å². The third-order valence-corrected chi connectivity index (χ3v) is 4.94. The van der Waals surface area contributed by atoms with Crippen LogP contribution in [0, 0.1) is 3.57 Å². The third kappa shape index (κ3) is 3.33. The van der Waals surface area contributed by atoms with Crippen LogP contribution in [0.2, 0.25) is 0 Å². The zero-order valence-electron chi connectivity index (χ0n) is 10.2. The fourth-order valence-corrected chi connectivity index (χ4v) is 3.30. The van der Waals surface area contributed by atoms with E-state index in [1.807, 2.05) is 11.4 Å². The summed E-state index contributed by atoms with van der Waals surface area (Å²) in [7, 11) is 0. The Labute approximate surface area is 130 Å². The molecule has 2 heterocycles. The molecule has 0 amide bonds. The molecule has 0 atom stereocenters. The number of nitrogens with zero attached hydrogens (tertiary/aromatic N) is 3. The van der Waals surface area contributed by atoms with E-state index in [4.69, 9.17) is 5.73 Å². The monoisotopic (exact) mass is 412 g/mol. The van der Waals surface area contributed by atoms with E-state index in [2.05, 4.69) is 27.7 Å². The lowest BCUT2D eigenvalue weighted by Gasteiger charge is -2.02. The predicted molar refractivity (Wildman–Crippen MR) is 80.9 cm³/mol. The van der Waals surface area contributed by atoms with Crippen LogP contribution in [0.3, 0.4) is 0 Å². The molecule has 0 aromatic carbocycles. The average Bonchev–Trinajstić information content (AvgIpc) is 2.96. The summed E-state index contributed by atoms with van der Waals surface area (Å²) < 4.78 is 28.5. The largest absolute Gasteiger partial charge is 0.346 e. The van der Waals surface area contributed by atoms with Gasteiger partial charge in [-0.05, 0) is 34.0 Å². The van der Waals surface area contributed by atoms with Gasteiger partial charge >= 0.3 is 5.69 Å². The Morgan fingerprint density at radius 3 is 2.80 bits per heavy atom. The number of rotatable bonds is 5. The highest BCUT2D eigenvalue weighted by molar-refractivity contribution is 14.1. The van der Waals surface area contributed by atoms with Crippen molar-refractivity contribution in [1.29, 1.82) is 0 Å². The van der Waals surface area contributed by atoms with Gasteiger partial charge in [-0.25, -0.2) is 9.48 Å². The minimum atomic E-state index is -1.86. The fourth-order valence-electron chi connectivity index (χ4n) is 1.56. The van der Waals surface area contributed by atoms with Gasteiger partial charge in [0.2, 0.25) is 0 Å². The third-order valence-electron chi connectivity index (χ3n) is 2.66. The van der Waals surface area contributed by atoms with Gasteiger partial charge < -0.3 is 5.73 Å². The van der Waals surface area contributed by atoms with E-state index in [-0.39, 0.29) is 18.7 Å². The summed E-state index contributed by atoms with van der Waals surface area (Å²) in [6.07, 6.45) is -0.510. The van der Waals surface area contributed by atoms with Crippen molar-refractivity contribution in [1.82, 2.24) is 14.3 Å². The van der Waals surface area contributed by atoms with Gasteiger partial charge in [-0.3, -0.25) is 4.57 Å². The summed E-state index contributed by atoms with van der Waals surface area (Å²) >= 11 is 3.71. The number of hydrogen-bond acceptors (Lipinski definition) is 4. The van der Waals surface area contributed by atoms with E-state index in [1.165, 1.54) is 22.2 Å². The van der Waals surface area contributed by atoms with Crippen molar-refractivity contribution in [2.45, 2.75) is 13.1 Å². The van der Waals surface area contributed by atoms with Crippen LogP contribution in [-0.4, -0.2) is 20.9 Å². The van der Waals surface area contributed by atoms with Crippen molar-refractivity contribution in [2.24, 2.45) is 5.73 Å². The highest BCUT2D eigenvalue weighted by atomic mass is 127. The molecular weight excluding hydrogens is 401 g/mol. The zero-order chi connectivity index (χ0) is 14.7. The molecule has 2 aromatic rings. The van der Waals surface area contributed by atoms with Crippen molar-refractivity contribution in [3.8, 4) is 0 Å². The first-order chi connectivity index (χ1) is 9.52. The second-order valence-corrected chi connectivity index (χ2v) is 6.12. The van der Waals surface area contributed by atoms with Crippen LogP contribution in [-0.2, 0) is 13.1 Å². The summed E-state index contributed by atoms with van der Waals surface area (Å²) in [5.74, 6) is 0. The lowest BCUT2D eigenvalue weighted by molar-refractivity contribution is 0.400. The standard InChI is InChI=1S/C11H11F2IN4OS/c12-10(13)7(3-15)4-18-11(19)17(6-16-18)5-9-8(14)1-2-20-9/h1-2,6H,3-5,15H2. The molecule has 0 fully saturated rings. The topological polar surface area (TPSA) is 65.8 Å². The van der Waals surface area contributed by atoms with Gasteiger partial charge in [-0.1, -0.05) is 0 Å². The Morgan fingerprint density at radius 1 is 1.50 bits per heavy atom. The number of nitrogens with two attached hydrogens (primary N) is 1. The maximum atomic E-state index is 12.5. The maximum absolute atomic E-state index is 12.5. The lowest BCUT2D eigenvalue weighted by Crippen LogP contribution is -2.27. The van der Waals surface area contributed by atoms with Crippen LogP contribution in [0.1, 0.15) is 4.88 Å². The molecular formula is C11H11F2IN4OS. The van der Waals surface area contributed by atoms with Crippen molar-refractivity contribution in [3.05, 3.63) is 48.4 Å². The molecule has 0 unspecified atom stereocenters. The molecule has 0 spiro atoms. The molecule has 20 heavy (non-hydrogen) atoms. The normalized spacial score (nSPS) is 10.8. The summed E-state index contributed by atoms with van der Waals surface area (Å²) in [4.78, 5) is 13.1. The molecule has 0 radical (unpaired) electrons. The van der Waals surface area contributed by atoms with Gasteiger partial charge in [0, 0.05) is 20.6 Å². The number of aromatic nitrogens is 3. The molecule has 5 nitrogen and oxygen atoms in total. The Hall–Kier alpha value is -1.07. The maximum Gasteiger partial charge on any atom is 0.346 e. The molecule has 2 aromatic heterocycles. The zero-order valence-corrected chi connectivity index (χ0v) is 13.2. The molecule has 108 valence electrons. The van der Waals surface area contributed by atoms with Crippen LogP contribution in [0.4, 0.5) is 8.78 Å². The molecule has 2 rings (SSSR count). The summed E-state index contributed by atoms with van der Waals surface area (Å²) in [5.41, 5.74) is 4.50. The quantitative estimate of drug-likeness (QED) is 0.763. The van der Waals surface area contributed by atoms with Crippen LogP contribution < -0.4 is 11.4 Å². The van der Waals surface area contributed by atoms with Gasteiger partial charge in [0.05, 0.1) is 13.1 Å². The molecule has 2 N–H and O–H groups in total. The van der Waals surface area contributed by atoms with E-state index in [0.717, 1.165) is 13.1 Å². The van der Waals surface area contributed by atoms with Gasteiger partial charge in [0.1, 0.15) is 6.33 Å². The lowest BCUT2D eigenvalue weighted by atomic mass is 10.3. The van der Waals surface area contributed by atoms with E-state index in [1.54, 1.807) is 0 Å². The van der Waals surface area contributed by atoms with Crippen molar-refractivity contribution in [2.75, 3.05) is 6.54 Å². The Morgan fingerprint density at radius 2 is 2.25 bits per heavy atom. The van der Waals surface area contributed by atoms with Gasteiger partial charge in [0.25, 0.3) is 6.08 Å². The van der Waals surface area contributed by atoms with Crippen LogP contribution in [0.15, 0.2) is 34.2 Å². The smallest absolute Gasteiger partial charge is 0.327 e. The van der Waals surface area contributed by atoms with E-state index in [0.29, 0.717) is 6.54 Å². The number of thiophene rings is 1. The summed E-state index contributed by atoms with van der Waals surface area (Å²) in [5, 5.41) is 5.77. The minimum absolute atomic E-state index is 0.286. The molecule has 0 aliphatic rings. The molecule has 0 bridgehead atoms. The van der Waals surface area contributed by atoms with Crippen molar-refractivity contribution in [3.63, 3.8) is 0 Å². The van der Waals surface area contributed by atoms with Gasteiger partial charge in [-0.2, -0.15) is 13.9 Å². The second kappa shape index (κ2) is 6.59. The first-order valence-corrected chi connectivity index (χ1v) is 7.56. The predicted octanol–water partition coefficient (Wildman–Crippen LogP) is 1.87. The van der Waals surface area contributed by atoms with Gasteiger partial charge in [-0.15, -0.1) is 11.3 Å². The number of halogens is 3. The van der Waals surface area contributed by atoms with Crippen LogP contribution in [0.5, 0.6) is 0 Å². The SMILES string of the molecule is NCC(Cn1ncn(Cc2sccc2I)c1=O)=C(F)F. The van der Waals surface area contributed by atoms with E-state index >= 15 is 0 Å².